The van der Waals surface area contributed by atoms with Crippen molar-refractivity contribution in [3.8, 4) is 0 Å². The summed E-state index contributed by atoms with van der Waals surface area (Å²) >= 11 is 0. The molecule has 1 aromatic rings. The van der Waals surface area contributed by atoms with Crippen molar-refractivity contribution in [1.29, 1.82) is 0 Å². The van der Waals surface area contributed by atoms with Crippen molar-refractivity contribution >= 4 is 11.6 Å². The number of benzene rings is 1. The minimum absolute atomic E-state index is 0.152. The molecule has 0 saturated carbocycles. The van der Waals surface area contributed by atoms with E-state index in [1.807, 2.05) is 37.2 Å². The molecule has 0 radical (unpaired) electrons. The highest BCUT2D eigenvalue weighted by Crippen LogP contribution is 2.23. The Kier molecular flexibility index (Phi) is 4.30. The second-order valence-electron chi connectivity index (χ2n) is 5.97. The van der Waals surface area contributed by atoms with Gasteiger partial charge in [-0.25, -0.2) is 0 Å². The average Bonchev–Trinajstić information content (AvgIpc) is 2.81. The van der Waals surface area contributed by atoms with Crippen LogP contribution in [-0.2, 0) is 6.42 Å². The van der Waals surface area contributed by atoms with Crippen LogP contribution in [0.3, 0.4) is 0 Å². The first-order valence-corrected chi connectivity index (χ1v) is 6.89. The number of carbonyl (C=O) groups is 1. The molecule has 0 spiro atoms. The summed E-state index contributed by atoms with van der Waals surface area (Å²) in [7, 11) is 3.78. The maximum Gasteiger partial charge on any atom is 0.251 e. The first-order chi connectivity index (χ1) is 9.37. The molecule has 2 rings (SSSR count). The molecule has 1 unspecified atom stereocenters. The number of hydrogen-bond donors (Lipinski definition) is 3. The van der Waals surface area contributed by atoms with Gasteiger partial charge in [0.2, 0.25) is 0 Å². The lowest BCUT2D eigenvalue weighted by atomic mass is 10.1. The number of fused-ring (bicyclic) bond motifs is 1. The van der Waals surface area contributed by atoms with Gasteiger partial charge in [-0.15, -0.1) is 0 Å². The van der Waals surface area contributed by atoms with E-state index in [1.165, 1.54) is 5.56 Å². The molecule has 3 N–H and O–H groups in total. The molecule has 0 aromatic heterocycles. The van der Waals surface area contributed by atoms with E-state index in [9.17, 15) is 9.90 Å². The molecule has 1 atom stereocenters. The number of aliphatic hydroxyl groups is 1. The summed E-state index contributed by atoms with van der Waals surface area (Å²) in [6.07, 6.45) is 1.01. The third-order valence-electron chi connectivity index (χ3n) is 3.37. The first-order valence-electron chi connectivity index (χ1n) is 6.89. The van der Waals surface area contributed by atoms with Gasteiger partial charge >= 0.3 is 0 Å². The molecule has 0 fully saturated rings. The molecule has 0 aliphatic carbocycles. The van der Waals surface area contributed by atoms with Crippen LogP contribution in [0.25, 0.3) is 0 Å². The fourth-order valence-electron chi connectivity index (χ4n) is 2.54. The molecule has 20 heavy (non-hydrogen) atoms. The molecule has 0 bridgehead atoms. The number of nitrogens with one attached hydrogen (secondary N) is 2. The Morgan fingerprint density at radius 2 is 2.25 bits per heavy atom. The van der Waals surface area contributed by atoms with Crippen LogP contribution in [0.1, 0.15) is 22.8 Å². The van der Waals surface area contributed by atoms with E-state index in [2.05, 4.69) is 10.6 Å². The Morgan fingerprint density at radius 1 is 1.50 bits per heavy atom. The summed E-state index contributed by atoms with van der Waals surface area (Å²) in [5, 5.41) is 16.2. The lowest BCUT2D eigenvalue weighted by Crippen LogP contribution is -2.47. The Hall–Kier alpha value is -1.59. The third kappa shape index (κ3) is 3.71. The van der Waals surface area contributed by atoms with Crippen LogP contribution in [-0.4, -0.2) is 55.2 Å². The number of nitrogens with zero attached hydrogens (tertiary/aromatic N) is 1. The van der Waals surface area contributed by atoms with Crippen molar-refractivity contribution in [2.24, 2.45) is 0 Å². The molecule has 5 nitrogen and oxygen atoms in total. The minimum atomic E-state index is -0.936. The molecule has 1 amide bonds. The molecule has 0 saturated heterocycles. The molecule has 1 aromatic carbocycles. The monoisotopic (exact) mass is 277 g/mol. The normalized spacial score (nSPS) is 16.4. The van der Waals surface area contributed by atoms with Gasteiger partial charge in [0.25, 0.3) is 5.91 Å². The topological polar surface area (TPSA) is 64.6 Å². The highest BCUT2D eigenvalue weighted by Gasteiger charge is 2.22. The van der Waals surface area contributed by atoms with Crippen LogP contribution in [0.15, 0.2) is 18.2 Å². The number of hydrogen-bond acceptors (Lipinski definition) is 4. The van der Waals surface area contributed by atoms with Crippen molar-refractivity contribution in [3.05, 3.63) is 29.3 Å². The van der Waals surface area contributed by atoms with Crippen LogP contribution in [0.2, 0.25) is 0 Å². The highest BCUT2D eigenvalue weighted by molar-refractivity contribution is 5.95. The minimum Gasteiger partial charge on any atom is -0.387 e. The zero-order valence-electron chi connectivity index (χ0n) is 12.4. The fraction of sp³-hybridized carbons (Fsp3) is 0.533. The van der Waals surface area contributed by atoms with Gasteiger partial charge in [0.15, 0.2) is 0 Å². The van der Waals surface area contributed by atoms with Gasteiger partial charge in [0.05, 0.1) is 5.60 Å². The smallest absolute Gasteiger partial charge is 0.251 e. The molecular weight excluding hydrogens is 254 g/mol. The maximum absolute atomic E-state index is 12.1. The number of likely N-dealkylation sites (N-methyl/N-ethyl adjacent to an activating group) is 1. The Morgan fingerprint density at radius 3 is 2.95 bits per heavy atom. The second kappa shape index (κ2) is 5.81. The van der Waals surface area contributed by atoms with Crippen molar-refractivity contribution in [2.75, 3.05) is 39.0 Å². The van der Waals surface area contributed by atoms with Crippen molar-refractivity contribution in [2.45, 2.75) is 18.9 Å². The van der Waals surface area contributed by atoms with E-state index in [4.69, 9.17) is 0 Å². The van der Waals surface area contributed by atoms with Crippen molar-refractivity contribution in [1.82, 2.24) is 10.2 Å². The van der Waals surface area contributed by atoms with Gasteiger partial charge in [-0.3, -0.25) is 4.79 Å². The zero-order valence-corrected chi connectivity index (χ0v) is 12.4. The Labute approximate surface area is 120 Å². The van der Waals surface area contributed by atoms with Gasteiger partial charge < -0.3 is 20.6 Å². The van der Waals surface area contributed by atoms with Crippen molar-refractivity contribution < 1.29 is 9.90 Å². The average molecular weight is 277 g/mol. The van der Waals surface area contributed by atoms with Crippen LogP contribution in [0.4, 0.5) is 5.69 Å². The predicted octanol–water partition coefficient (Wildman–Crippen LogP) is 0.697. The number of amides is 1. The Bertz CT molecular complexity index is 498. The van der Waals surface area contributed by atoms with Crippen molar-refractivity contribution in [3.63, 3.8) is 0 Å². The molecule has 1 aliphatic heterocycles. The highest BCUT2D eigenvalue weighted by atomic mass is 16.3. The second-order valence-corrected chi connectivity index (χ2v) is 5.97. The van der Waals surface area contributed by atoms with Gasteiger partial charge in [-0.05, 0) is 45.1 Å². The summed E-state index contributed by atoms with van der Waals surface area (Å²) in [5.41, 5.74) is 1.98. The molecular formula is C15H23N3O2. The van der Waals surface area contributed by atoms with Gasteiger partial charge in [-0.1, -0.05) is 6.07 Å². The van der Waals surface area contributed by atoms with Gasteiger partial charge in [0, 0.05) is 30.9 Å². The summed E-state index contributed by atoms with van der Waals surface area (Å²) in [6.45, 7) is 3.38. The van der Waals surface area contributed by atoms with Crippen LogP contribution in [0, 0.1) is 0 Å². The van der Waals surface area contributed by atoms with E-state index >= 15 is 0 Å². The number of anilines is 1. The Balaban J connectivity index is 1.95. The SMILES string of the molecule is CN(C)CC(C)(O)CNC(=O)c1ccc2c(c1)NCC2. The van der Waals surface area contributed by atoms with Crippen LogP contribution in [0.5, 0.6) is 0 Å². The van der Waals surface area contributed by atoms with Crippen LogP contribution >= 0.6 is 0 Å². The molecule has 5 heteroatoms. The number of rotatable bonds is 5. The molecule has 110 valence electrons. The maximum atomic E-state index is 12.1. The number of carbonyl (C=O) groups excluding carboxylic acids is 1. The summed E-state index contributed by atoms with van der Waals surface area (Å²) in [6, 6.07) is 5.70. The third-order valence-corrected chi connectivity index (χ3v) is 3.37. The lowest BCUT2D eigenvalue weighted by Gasteiger charge is -2.27. The summed E-state index contributed by atoms with van der Waals surface area (Å²) in [4.78, 5) is 14.0. The van der Waals surface area contributed by atoms with Gasteiger partial charge in [0.1, 0.15) is 0 Å². The van der Waals surface area contributed by atoms with E-state index in [-0.39, 0.29) is 12.5 Å². The van der Waals surface area contributed by atoms with Gasteiger partial charge in [-0.2, -0.15) is 0 Å². The van der Waals surface area contributed by atoms with E-state index in [0.717, 1.165) is 18.7 Å². The standard InChI is InChI=1S/C15H23N3O2/c1-15(20,10-18(2)3)9-17-14(19)12-5-4-11-6-7-16-13(11)8-12/h4-5,8,16,20H,6-7,9-10H2,1-3H3,(H,17,19). The fourth-order valence-corrected chi connectivity index (χ4v) is 2.54. The van der Waals surface area contributed by atoms with Crippen LogP contribution < -0.4 is 10.6 Å². The summed E-state index contributed by atoms with van der Waals surface area (Å²) in [5.74, 6) is -0.152. The van der Waals surface area contributed by atoms with E-state index < -0.39 is 5.60 Å². The predicted molar refractivity (Wildman–Crippen MR) is 80.1 cm³/mol. The summed E-state index contributed by atoms with van der Waals surface area (Å²) < 4.78 is 0. The molecule has 1 aliphatic rings. The first kappa shape index (κ1) is 14.8. The van der Waals surface area contributed by atoms with E-state index in [1.54, 1.807) is 6.92 Å². The molecule has 1 heterocycles. The lowest BCUT2D eigenvalue weighted by molar-refractivity contribution is 0.0326. The zero-order chi connectivity index (χ0) is 14.8. The van der Waals surface area contributed by atoms with E-state index in [0.29, 0.717) is 12.1 Å². The largest absolute Gasteiger partial charge is 0.387 e. The quantitative estimate of drug-likeness (QED) is 0.741.